The minimum atomic E-state index is -0.975. The van der Waals surface area contributed by atoms with Gasteiger partial charge in [0.1, 0.15) is 23.1 Å². The average molecular weight is 380 g/mol. The van der Waals surface area contributed by atoms with E-state index in [4.69, 9.17) is 14.3 Å². The Hall–Kier alpha value is -3.35. The Labute approximate surface area is 162 Å². The number of rotatable bonds is 4. The molecule has 7 nitrogen and oxygen atoms in total. The van der Waals surface area contributed by atoms with Crippen LogP contribution in [-0.4, -0.2) is 37.8 Å². The molecule has 0 radical (unpaired) electrons. The number of para-hydroxylation sites is 1. The molecule has 1 saturated heterocycles. The van der Waals surface area contributed by atoms with Crippen molar-refractivity contribution in [2.75, 3.05) is 19.1 Å². The third-order valence-corrected chi connectivity index (χ3v) is 5.16. The van der Waals surface area contributed by atoms with E-state index < -0.39 is 17.9 Å². The fourth-order valence-electron chi connectivity index (χ4n) is 3.79. The van der Waals surface area contributed by atoms with Crippen LogP contribution in [0.5, 0.6) is 11.5 Å². The van der Waals surface area contributed by atoms with Crippen LogP contribution in [0.3, 0.4) is 0 Å². The Balaban J connectivity index is 1.78. The Kier molecular flexibility index (Phi) is 4.30. The maximum absolute atomic E-state index is 13.3. The average Bonchev–Trinajstić information content (AvgIpc) is 3.23. The molecule has 0 aromatic heterocycles. The highest BCUT2D eigenvalue weighted by molar-refractivity contribution is 6.33. The summed E-state index contributed by atoms with van der Waals surface area (Å²) in [4.78, 5) is 33.0. The molecule has 2 aromatic rings. The Bertz CT molecular complexity index is 994. The van der Waals surface area contributed by atoms with Crippen molar-refractivity contribution in [1.82, 2.24) is 0 Å². The van der Waals surface area contributed by atoms with Crippen molar-refractivity contribution in [3.05, 3.63) is 53.1 Å². The second-order valence-electron chi connectivity index (χ2n) is 6.80. The van der Waals surface area contributed by atoms with Crippen molar-refractivity contribution in [1.29, 1.82) is 0 Å². The van der Waals surface area contributed by atoms with E-state index in [2.05, 4.69) is 5.16 Å². The number of aryl methyl sites for hydroxylation is 2. The predicted molar refractivity (Wildman–Crippen MR) is 103 cm³/mol. The first-order valence-corrected chi connectivity index (χ1v) is 8.88. The second-order valence-corrected chi connectivity index (χ2v) is 6.80. The molecule has 0 N–H and O–H groups in total. The zero-order chi connectivity index (χ0) is 20.0. The van der Waals surface area contributed by atoms with E-state index in [0.29, 0.717) is 28.5 Å². The minimum absolute atomic E-state index is 0.353. The number of fused-ring (bicyclic) bond motifs is 1. The molecule has 2 aliphatic rings. The molecule has 2 heterocycles. The highest BCUT2D eigenvalue weighted by Crippen LogP contribution is 2.39. The molecule has 2 amide bonds. The minimum Gasteiger partial charge on any atom is -0.497 e. The van der Waals surface area contributed by atoms with E-state index in [1.54, 1.807) is 25.3 Å². The standard InChI is InChI=1S/C21H20N2O5/c1-11-6-5-7-12(2)18(11)23-20(24)16-17(22-28-19(16)21(23)25)14-10-13(26-3)8-9-15(14)27-4/h5-10,16,19H,1-4H3/t16-,19+/m0/s1. The predicted octanol–water partition coefficient (Wildman–Crippen LogP) is 2.61. The van der Waals surface area contributed by atoms with Crippen LogP contribution in [-0.2, 0) is 14.4 Å². The molecule has 0 spiro atoms. The number of imide groups is 1. The van der Waals surface area contributed by atoms with Gasteiger partial charge in [-0.2, -0.15) is 0 Å². The lowest BCUT2D eigenvalue weighted by Crippen LogP contribution is -2.34. The van der Waals surface area contributed by atoms with Gasteiger partial charge in [-0.1, -0.05) is 23.4 Å². The molecule has 0 saturated carbocycles. The van der Waals surface area contributed by atoms with Crippen molar-refractivity contribution >= 4 is 23.2 Å². The smallest absolute Gasteiger partial charge is 0.278 e. The molecule has 4 rings (SSSR count). The van der Waals surface area contributed by atoms with Crippen LogP contribution in [0, 0.1) is 19.8 Å². The number of amides is 2. The number of nitrogens with zero attached hydrogens (tertiary/aromatic N) is 2. The Morgan fingerprint density at radius 3 is 2.36 bits per heavy atom. The highest BCUT2D eigenvalue weighted by atomic mass is 16.7. The van der Waals surface area contributed by atoms with E-state index in [1.165, 1.54) is 12.0 Å². The largest absolute Gasteiger partial charge is 0.497 e. The zero-order valence-electron chi connectivity index (χ0n) is 16.1. The van der Waals surface area contributed by atoms with Crippen LogP contribution >= 0.6 is 0 Å². The number of oxime groups is 1. The van der Waals surface area contributed by atoms with Crippen molar-refractivity contribution < 1.29 is 23.9 Å². The lowest BCUT2D eigenvalue weighted by molar-refractivity contribution is -0.126. The quantitative estimate of drug-likeness (QED) is 0.762. The number of ether oxygens (including phenoxy) is 2. The zero-order valence-corrected chi connectivity index (χ0v) is 16.1. The van der Waals surface area contributed by atoms with Crippen LogP contribution in [0.15, 0.2) is 41.6 Å². The molecule has 1 fully saturated rings. The summed E-state index contributed by atoms with van der Waals surface area (Å²) in [7, 11) is 3.08. The van der Waals surface area contributed by atoms with E-state index in [1.807, 2.05) is 32.0 Å². The first-order valence-electron chi connectivity index (χ1n) is 8.88. The molecule has 2 aromatic carbocycles. The second kappa shape index (κ2) is 6.67. The third kappa shape index (κ3) is 2.54. The van der Waals surface area contributed by atoms with Gasteiger partial charge in [0.25, 0.3) is 5.91 Å². The third-order valence-electron chi connectivity index (χ3n) is 5.16. The van der Waals surface area contributed by atoms with Gasteiger partial charge < -0.3 is 14.3 Å². The van der Waals surface area contributed by atoms with E-state index in [9.17, 15) is 9.59 Å². The summed E-state index contributed by atoms with van der Waals surface area (Å²) >= 11 is 0. The van der Waals surface area contributed by atoms with Gasteiger partial charge in [-0.25, -0.2) is 4.90 Å². The number of carbonyl (C=O) groups excluding carboxylic acids is 2. The SMILES string of the molecule is COc1ccc(OC)c(C2=NO[C@H]3C(=O)N(c4c(C)cccc4C)C(=O)[C@@H]23)c1. The van der Waals surface area contributed by atoms with Gasteiger partial charge in [0.15, 0.2) is 0 Å². The van der Waals surface area contributed by atoms with Crippen molar-refractivity contribution in [3.8, 4) is 11.5 Å². The van der Waals surface area contributed by atoms with Gasteiger partial charge in [0.2, 0.25) is 12.0 Å². The first-order chi connectivity index (χ1) is 13.5. The van der Waals surface area contributed by atoms with Crippen LogP contribution < -0.4 is 14.4 Å². The van der Waals surface area contributed by atoms with Gasteiger partial charge in [0.05, 0.1) is 19.9 Å². The van der Waals surface area contributed by atoms with E-state index in [0.717, 1.165) is 11.1 Å². The molecule has 2 atom stereocenters. The Morgan fingerprint density at radius 1 is 1.00 bits per heavy atom. The molecule has 0 aliphatic carbocycles. The van der Waals surface area contributed by atoms with Crippen molar-refractivity contribution in [3.63, 3.8) is 0 Å². The molecular formula is C21H20N2O5. The summed E-state index contributed by atoms with van der Waals surface area (Å²) in [6.45, 7) is 3.75. The number of carbonyl (C=O) groups is 2. The summed E-state index contributed by atoms with van der Waals surface area (Å²) in [5, 5.41) is 4.06. The summed E-state index contributed by atoms with van der Waals surface area (Å²) in [6.07, 6.45) is -0.975. The first kappa shape index (κ1) is 18.0. The number of hydrogen-bond acceptors (Lipinski definition) is 6. The van der Waals surface area contributed by atoms with Crippen LogP contribution in [0.25, 0.3) is 0 Å². The van der Waals surface area contributed by atoms with E-state index >= 15 is 0 Å². The number of methoxy groups -OCH3 is 2. The van der Waals surface area contributed by atoms with Gasteiger partial charge in [0, 0.05) is 5.56 Å². The summed E-state index contributed by atoms with van der Waals surface area (Å²) in [6, 6.07) is 10.8. The lowest BCUT2D eigenvalue weighted by Gasteiger charge is -2.20. The molecule has 28 heavy (non-hydrogen) atoms. The fourth-order valence-corrected chi connectivity index (χ4v) is 3.79. The maximum Gasteiger partial charge on any atom is 0.278 e. The van der Waals surface area contributed by atoms with Crippen LogP contribution in [0.1, 0.15) is 16.7 Å². The normalized spacial score (nSPS) is 20.7. The molecule has 0 unspecified atom stereocenters. The maximum atomic E-state index is 13.3. The monoisotopic (exact) mass is 380 g/mol. The van der Waals surface area contributed by atoms with Gasteiger partial charge in [-0.05, 0) is 43.2 Å². The van der Waals surface area contributed by atoms with Crippen LogP contribution in [0.4, 0.5) is 5.69 Å². The number of anilines is 1. The number of hydrogen-bond donors (Lipinski definition) is 0. The highest BCUT2D eigenvalue weighted by Gasteiger charge is 2.57. The summed E-state index contributed by atoms with van der Waals surface area (Å²) in [5.74, 6) is -0.478. The Morgan fingerprint density at radius 2 is 1.71 bits per heavy atom. The van der Waals surface area contributed by atoms with Crippen molar-refractivity contribution in [2.24, 2.45) is 11.1 Å². The van der Waals surface area contributed by atoms with Crippen molar-refractivity contribution in [2.45, 2.75) is 20.0 Å². The summed E-state index contributed by atoms with van der Waals surface area (Å²) in [5.41, 5.74) is 3.23. The molecule has 144 valence electrons. The molecule has 0 bridgehead atoms. The molecule has 2 aliphatic heterocycles. The molecular weight excluding hydrogens is 360 g/mol. The topological polar surface area (TPSA) is 77.4 Å². The lowest BCUT2D eigenvalue weighted by atomic mass is 9.93. The number of benzene rings is 2. The van der Waals surface area contributed by atoms with Gasteiger partial charge >= 0.3 is 0 Å². The van der Waals surface area contributed by atoms with Gasteiger partial charge in [-0.15, -0.1) is 0 Å². The molecule has 7 heteroatoms. The fraction of sp³-hybridized carbons (Fsp3) is 0.286. The van der Waals surface area contributed by atoms with Crippen LogP contribution in [0.2, 0.25) is 0 Å². The van der Waals surface area contributed by atoms with Gasteiger partial charge in [-0.3, -0.25) is 9.59 Å². The van der Waals surface area contributed by atoms with E-state index in [-0.39, 0.29) is 5.91 Å². The summed E-state index contributed by atoms with van der Waals surface area (Å²) < 4.78 is 10.7.